The molecule has 1 atom stereocenters. The highest BCUT2D eigenvalue weighted by atomic mass is 19.1. The topological polar surface area (TPSA) is 60.2 Å². The van der Waals surface area contributed by atoms with Crippen molar-refractivity contribution in [2.45, 2.75) is 31.8 Å². The van der Waals surface area contributed by atoms with Crippen molar-refractivity contribution in [3.63, 3.8) is 0 Å². The van der Waals surface area contributed by atoms with Gasteiger partial charge in [-0.1, -0.05) is 5.21 Å². The molecule has 1 amide bonds. The molecular formula is C18H21FN4O2. The zero-order valence-electron chi connectivity index (χ0n) is 14.2. The molecule has 1 fully saturated rings. The van der Waals surface area contributed by atoms with E-state index in [4.69, 9.17) is 4.74 Å². The molecule has 1 aromatic carbocycles. The summed E-state index contributed by atoms with van der Waals surface area (Å²) in [5, 5.41) is 8.63. The minimum absolute atomic E-state index is 0.0481. The molecule has 25 heavy (non-hydrogen) atoms. The second-order valence-electron chi connectivity index (χ2n) is 6.89. The fraction of sp³-hybridized carbons (Fsp3) is 0.500. The van der Waals surface area contributed by atoms with Gasteiger partial charge in [-0.2, -0.15) is 0 Å². The van der Waals surface area contributed by atoms with Crippen molar-refractivity contribution >= 4 is 5.91 Å². The van der Waals surface area contributed by atoms with E-state index < -0.39 is 0 Å². The second-order valence-corrected chi connectivity index (χ2v) is 6.89. The lowest BCUT2D eigenvalue weighted by Gasteiger charge is -2.32. The summed E-state index contributed by atoms with van der Waals surface area (Å²) >= 11 is 0. The van der Waals surface area contributed by atoms with Crippen LogP contribution >= 0.6 is 0 Å². The average molecular weight is 344 g/mol. The Morgan fingerprint density at radius 3 is 2.76 bits per heavy atom. The van der Waals surface area contributed by atoms with Gasteiger partial charge in [0.15, 0.2) is 0 Å². The van der Waals surface area contributed by atoms with Crippen LogP contribution in [0.25, 0.3) is 0 Å². The van der Waals surface area contributed by atoms with Gasteiger partial charge in [0.1, 0.15) is 11.5 Å². The molecule has 1 aliphatic carbocycles. The van der Waals surface area contributed by atoms with E-state index in [1.54, 1.807) is 12.0 Å². The van der Waals surface area contributed by atoms with Crippen molar-refractivity contribution in [3.8, 4) is 0 Å². The van der Waals surface area contributed by atoms with Gasteiger partial charge in [-0.3, -0.25) is 4.79 Å². The van der Waals surface area contributed by atoms with Crippen LogP contribution in [-0.4, -0.2) is 46.1 Å². The van der Waals surface area contributed by atoms with Gasteiger partial charge >= 0.3 is 0 Å². The first-order chi connectivity index (χ1) is 12.2. The van der Waals surface area contributed by atoms with E-state index in [2.05, 4.69) is 10.3 Å². The first-order valence-electron chi connectivity index (χ1n) is 8.61. The lowest BCUT2D eigenvalue weighted by Crippen LogP contribution is -2.40. The maximum absolute atomic E-state index is 13.1. The van der Waals surface area contributed by atoms with Crippen LogP contribution in [0.15, 0.2) is 24.3 Å². The number of aromatic nitrogens is 3. The summed E-state index contributed by atoms with van der Waals surface area (Å²) in [6, 6.07) is 5.65. The van der Waals surface area contributed by atoms with Crippen molar-refractivity contribution < 1.29 is 13.9 Å². The fourth-order valence-corrected chi connectivity index (χ4v) is 3.46. The predicted molar refractivity (Wildman–Crippen MR) is 88.5 cm³/mol. The van der Waals surface area contributed by atoms with Crippen molar-refractivity contribution in [3.05, 3.63) is 47.0 Å². The molecule has 2 heterocycles. The van der Waals surface area contributed by atoms with Gasteiger partial charge in [-0.05, 0) is 43.0 Å². The lowest BCUT2D eigenvalue weighted by atomic mass is 9.98. The number of fused-ring (bicyclic) bond motifs is 1. The van der Waals surface area contributed by atoms with Gasteiger partial charge in [0, 0.05) is 31.7 Å². The Bertz CT molecular complexity index is 770. The van der Waals surface area contributed by atoms with Crippen LogP contribution in [0.3, 0.4) is 0 Å². The standard InChI is InChI=1S/C18H21FN4O2/c1-25-11-14-9-22(18(24)13-4-6-15(19)7-5-13)10-16-17(14)23(21-20-16)8-12-2-3-12/h4-7,12,14H,2-3,8-11H2,1H3/t14-/m1/s1. The predicted octanol–water partition coefficient (Wildman–Crippen LogP) is 2.21. The Balaban J connectivity index is 1.59. The molecule has 4 rings (SSSR count). The monoisotopic (exact) mass is 344 g/mol. The van der Waals surface area contributed by atoms with Crippen molar-refractivity contribution in [2.24, 2.45) is 5.92 Å². The van der Waals surface area contributed by atoms with Gasteiger partial charge in [0.25, 0.3) is 5.91 Å². The van der Waals surface area contributed by atoms with E-state index in [0.29, 0.717) is 31.2 Å². The number of rotatable bonds is 5. The molecular weight excluding hydrogens is 323 g/mol. The van der Waals surface area contributed by atoms with Crippen LogP contribution < -0.4 is 0 Å². The van der Waals surface area contributed by atoms with Gasteiger partial charge < -0.3 is 9.64 Å². The summed E-state index contributed by atoms with van der Waals surface area (Å²) in [7, 11) is 1.66. The molecule has 1 aliphatic heterocycles. The maximum atomic E-state index is 13.1. The minimum Gasteiger partial charge on any atom is -0.384 e. The quantitative estimate of drug-likeness (QED) is 0.834. The fourth-order valence-electron chi connectivity index (χ4n) is 3.46. The van der Waals surface area contributed by atoms with E-state index in [-0.39, 0.29) is 17.6 Å². The average Bonchev–Trinajstić information content (AvgIpc) is 3.34. The number of hydrogen-bond donors (Lipinski definition) is 0. The maximum Gasteiger partial charge on any atom is 0.254 e. The third-order valence-electron chi connectivity index (χ3n) is 4.89. The SMILES string of the molecule is COC[C@H]1CN(C(=O)c2ccc(F)cc2)Cc2nnn(CC3CC3)c21. The molecule has 0 saturated heterocycles. The highest BCUT2D eigenvalue weighted by Gasteiger charge is 2.34. The molecule has 7 heteroatoms. The van der Waals surface area contributed by atoms with Crippen molar-refractivity contribution in [2.75, 3.05) is 20.3 Å². The number of carbonyl (C=O) groups is 1. The number of nitrogens with zero attached hydrogens (tertiary/aromatic N) is 4. The van der Waals surface area contributed by atoms with Gasteiger partial charge in [0.2, 0.25) is 0 Å². The van der Waals surface area contributed by atoms with E-state index in [9.17, 15) is 9.18 Å². The second kappa shape index (κ2) is 6.55. The largest absolute Gasteiger partial charge is 0.384 e. The Labute approximate surface area is 145 Å². The third-order valence-corrected chi connectivity index (χ3v) is 4.89. The molecule has 0 radical (unpaired) electrons. The first kappa shape index (κ1) is 16.2. The number of methoxy groups -OCH3 is 1. The van der Waals surface area contributed by atoms with E-state index in [0.717, 1.165) is 17.9 Å². The Morgan fingerprint density at radius 1 is 1.32 bits per heavy atom. The van der Waals surface area contributed by atoms with Crippen LogP contribution in [0.5, 0.6) is 0 Å². The summed E-state index contributed by atoms with van der Waals surface area (Å²) < 4.78 is 20.5. The Hall–Kier alpha value is -2.28. The summed E-state index contributed by atoms with van der Waals surface area (Å²) in [6.45, 7) is 2.39. The zero-order chi connectivity index (χ0) is 17.4. The summed E-state index contributed by atoms with van der Waals surface area (Å²) in [4.78, 5) is 14.5. The molecule has 1 aromatic heterocycles. The van der Waals surface area contributed by atoms with Crippen molar-refractivity contribution in [1.29, 1.82) is 0 Å². The molecule has 2 aliphatic rings. The van der Waals surface area contributed by atoms with Crippen LogP contribution in [0.1, 0.15) is 40.5 Å². The third kappa shape index (κ3) is 3.28. The molecule has 0 unspecified atom stereocenters. The molecule has 6 nitrogen and oxygen atoms in total. The van der Waals surface area contributed by atoms with E-state index >= 15 is 0 Å². The molecule has 132 valence electrons. The zero-order valence-corrected chi connectivity index (χ0v) is 14.2. The number of amides is 1. The van der Waals surface area contributed by atoms with E-state index in [1.165, 1.54) is 37.1 Å². The smallest absolute Gasteiger partial charge is 0.254 e. The van der Waals surface area contributed by atoms with E-state index in [1.807, 2.05) is 4.68 Å². The van der Waals surface area contributed by atoms with Crippen LogP contribution in [0.4, 0.5) is 4.39 Å². The summed E-state index contributed by atoms with van der Waals surface area (Å²) in [5.74, 6) is 0.279. The van der Waals surface area contributed by atoms with Gasteiger partial charge in [0.05, 0.1) is 18.8 Å². The van der Waals surface area contributed by atoms with Crippen LogP contribution in [-0.2, 0) is 17.8 Å². The molecule has 0 N–H and O–H groups in total. The molecule has 2 aromatic rings. The number of ether oxygens (including phenoxy) is 1. The Kier molecular flexibility index (Phi) is 4.25. The first-order valence-corrected chi connectivity index (χ1v) is 8.61. The summed E-state index contributed by atoms with van der Waals surface area (Å²) in [6.07, 6.45) is 2.50. The summed E-state index contributed by atoms with van der Waals surface area (Å²) in [5.41, 5.74) is 2.41. The van der Waals surface area contributed by atoms with Crippen molar-refractivity contribution in [1.82, 2.24) is 19.9 Å². The highest BCUT2D eigenvalue weighted by Crippen LogP contribution is 2.34. The normalized spacial score (nSPS) is 19.8. The lowest BCUT2D eigenvalue weighted by molar-refractivity contribution is 0.0672. The number of halogens is 1. The minimum atomic E-state index is -0.349. The number of hydrogen-bond acceptors (Lipinski definition) is 4. The highest BCUT2D eigenvalue weighted by molar-refractivity contribution is 5.94. The Morgan fingerprint density at radius 2 is 2.08 bits per heavy atom. The van der Waals surface area contributed by atoms with Gasteiger partial charge in [-0.25, -0.2) is 9.07 Å². The van der Waals surface area contributed by atoms with Crippen LogP contribution in [0, 0.1) is 11.7 Å². The van der Waals surface area contributed by atoms with Gasteiger partial charge in [-0.15, -0.1) is 5.10 Å². The van der Waals surface area contributed by atoms with Crippen LogP contribution in [0.2, 0.25) is 0 Å². The molecule has 0 spiro atoms. The number of benzene rings is 1. The molecule has 1 saturated carbocycles. The molecule has 0 bridgehead atoms. The number of carbonyl (C=O) groups excluding carboxylic acids is 1.